The lowest BCUT2D eigenvalue weighted by molar-refractivity contribution is -0.338. The number of hydrogen-bond donors (Lipinski definition) is 1. The lowest BCUT2D eigenvalue weighted by Crippen LogP contribution is -2.39. The summed E-state index contributed by atoms with van der Waals surface area (Å²) in [6.45, 7) is 1.88. The molecule has 0 aromatic heterocycles. The highest BCUT2D eigenvalue weighted by Crippen LogP contribution is 2.23. The number of rotatable bonds is 7. The minimum absolute atomic E-state index is 0.0467. The van der Waals surface area contributed by atoms with Crippen molar-refractivity contribution in [2.75, 3.05) is 14.2 Å². The molecule has 0 saturated carbocycles. The van der Waals surface area contributed by atoms with Gasteiger partial charge in [-0.05, 0) is 18.6 Å². The van der Waals surface area contributed by atoms with Gasteiger partial charge in [-0.1, -0.05) is 19.1 Å². The minimum atomic E-state index is -1.50. The molecule has 0 bridgehead atoms. The Hall–Kier alpha value is -1.92. The van der Waals surface area contributed by atoms with Crippen molar-refractivity contribution < 1.29 is 28.9 Å². The molecule has 0 aliphatic heterocycles. The quantitative estimate of drug-likeness (QED) is 0.610. The van der Waals surface area contributed by atoms with Crippen molar-refractivity contribution >= 4 is 11.9 Å². The molecule has 1 aromatic rings. The number of esters is 1. The highest BCUT2D eigenvalue weighted by atomic mass is 16.9. The van der Waals surface area contributed by atoms with Gasteiger partial charge in [-0.3, -0.25) is 0 Å². The Morgan fingerprint density at radius 3 is 2.15 bits per heavy atom. The second-order valence-electron chi connectivity index (χ2n) is 4.08. The Morgan fingerprint density at radius 1 is 1.15 bits per heavy atom. The Bertz CT molecular complexity index is 478. The van der Waals surface area contributed by atoms with E-state index in [9.17, 15) is 9.59 Å². The monoisotopic (exact) mass is 282 g/mol. The lowest BCUT2D eigenvalue weighted by Gasteiger charge is -2.29. The molecule has 0 radical (unpaired) electrons. The van der Waals surface area contributed by atoms with Crippen LogP contribution in [0.15, 0.2) is 24.3 Å². The van der Waals surface area contributed by atoms with Crippen LogP contribution in [0.2, 0.25) is 0 Å². The van der Waals surface area contributed by atoms with Crippen LogP contribution in [-0.2, 0) is 14.2 Å². The number of benzene rings is 1. The summed E-state index contributed by atoms with van der Waals surface area (Å²) in [4.78, 5) is 23.2. The number of aromatic carboxylic acids is 1. The highest BCUT2D eigenvalue weighted by Gasteiger charge is 2.35. The molecule has 0 fully saturated rings. The molecule has 110 valence electrons. The smallest absolute Gasteiger partial charge is 0.343 e. The van der Waals surface area contributed by atoms with E-state index in [1.165, 1.54) is 32.4 Å². The zero-order valence-electron chi connectivity index (χ0n) is 11.7. The van der Waals surface area contributed by atoms with Gasteiger partial charge in [0, 0.05) is 20.6 Å². The van der Waals surface area contributed by atoms with Crippen LogP contribution >= 0.6 is 0 Å². The number of ether oxygens (including phenoxy) is 3. The second kappa shape index (κ2) is 7.02. The van der Waals surface area contributed by atoms with Crippen LogP contribution in [0.1, 0.15) is 40.5 Å². The maximum Gasteiger partial charge on any atom is 0.343 e. The van der Waals surface area contributed by atoms with E-state index >= 15 is 0 Å². The van der Waals surface area contributed by atoms with Gasteiger partial charge in [-0.25, -0.2) is 9.59 Å². The summed E-state index contributed by atoms with van der Waals surface area (Å²) in [5, 5.41) is 9.06. The molecule has 1 N–H and O–H groups in total. The predicted octanol–water partition coefficient (Wildman–Crippen LogP) is 2.29. The number of methoxy groups -OCH3 is 2. The maximum absolute atomic E-state index is 12.1. The van der Waals surface area contributed by atoms with E-state index in [-0.39, 0.29) is 11.1 Å². The van der Waals surface area contributed by atoms with Gasteiger partial charge < -0.3 is 19.3 Å². The summed E-state index contributed by atoms with van der Waals surface area (Å²) in [5.41, 5.74) is -0.176. The standard InChI is InChI=1S/C14H18O6/c1-4-9-14(18-2,19-3)20-13(17)11-8-6-5-7-10(11)12(15)16/h5-8H,4,9H2,1-3H3,(H,15,16). The summed E-state index contributed by atoms with van der Waals surface area (Å²) < 4.78 is 15.4. The third kappa shape index (κ3) is 3.55. The summed E-state index contributed by atoms with van der Waals surface area (Å²) in [6, 6.07) is 5.81. The zero-order valence-corrected chi connectivity index (χ0v) is 11.7. The van der Waals surface area contributed by atoms with Crippen LogP contribution in [-0.4, -0.2) is 37.2 Å². The molecule has 0 aliphatic carbocycles. The minimum Gasteiger partial charge on any atom is -0.478 e. The molecule has 1 aromatic carbocycles. The fourth-order valence-corrected chi connectivity index (χ4v) is 1.77. The van der Waals surface area contributed by atoms with Gasteiger partial charge in [0.05, 0.1) is 11.1 Å². The van der Waals surface area contributed by atoms with Gasteiger partial charge in [0.15, 0.2) is 0 Å². The van der Waals surface area contributed by atoms with Gasteiger partial charge in [-0.15, -0.1) is 0 Å². The Kier molecular flexibility index (Phi) is 5.66. The van der Waals surface area contributed by atoms with E-state index in [0.717, 1.165) is 0 Å². The molecule has 0 amide bonds. The number of carbonyl (C=O) groups excluding carboxylic acids is 1. The summed E-state index contributed by atoms with van der Waals surface area (Å²) >= 11 is 0. The van der Waals surface area contributed by atoms with Gasteiger partial charge in [0.25, 0.3) is 0 Å². The molecule has 6 heteroatoms. The van der Waals surface area contributed by atoms with Crippen molar-refractivity contribution in [1.29, 1.82) is 0 Å². The van der Waals surface area contributed by atoms with Crippen molar-refractivity contribution in [3.8, 4) is 0 Å². The molecule has 20 heavy (non-hydrogen) atoms. The van der Waals surface area contributed by atoms with E-state index in [1.807, 2.05) is 6.92 Å². The van der Waals surface area contributed by atoms with E-state index in [4.69, 9.17) is 19.3 Å². The lowest BCUT2D eigenvalue weighted by atomic mass is 10.1. The summed E-state index contributed by atoms with van der Waals surface area (Å²) in [6.07, 6.45) is 0.997. The summed E-state index contributed by atoms with van der Waals surface area (Å²) in [7, 11) is 2.71. The first kappa shape index (κ1) is 16.1. The van der Waals surface area contributed by atoms with E-state index in [1.54, 1.807) is 6.07 Å². The van der Waals surface area contributed by atoms with Crippen LogP contribution in [0.3, 0.4) is 0 Å². The highest BCUT2D eigenvalue weighted by molar-refractivity contribution is 6.02. The predicted molar refractivity (Wildman–Crippen MR) is 70.5 cm³/mol. The molecule has 0 heterocycles. The van der Waals surface area contributed by atoms with Crippen LogP contribution in [0.25, 0.3) is 0 Å². The van der Waals surface area contributed by atoms with Crippen LogP contribution in [0, 0.1) is 0 Å². The Morgan fingerprint density at radius 2 is 1.70 bits per heavy atom. The number of carboxylic acid groups (broad SMARTS) is 1. The number of hydrogen-bond acceptors (Lipinski definition) is 5. The van der Waals surface area contributed by atoms with Crippen molar-refractivity contribution in [1.82, 2.24) is 0 Å². The van der Waals surface area contributed by atoms with Gasteiger partial charge in [-0.2, -0.15) is 0 Å². The average Bonchev–Trinajstić information content (AvgIpc) is 2.46. The zero-order chi connectivity index (χ0) is 15.2. The van der Waals surface area contributed by atoms with Crippen LogP contribution < -0.4 is 0 Å². The molecule has 0 saturated heterocycles. The SMILES string of the molecule is CCCC(OC)(OC)OC(=O)c1ccccc1C(=O)O. The van der Waals surface area contributed by atoms with Gasteiger partial charge >= 0.3 is 17.9 Å². The maximum atomic E-state index is 12.1. The number of carboxylic acids is 1. The Balaban J connectivity index is 3.04. The summed E-state index contributed by atoms with van der Waals surface area (Å²) in [5.74, 6) is -3.51. The Labute approximate surface area is 117 Å². The van der Waals surface area contributed by atoms with Crippen molar-refractivity contribution in [3.63, 3.8) is 0 Å². The fourth-order valence-electron chi connectivity index (χ4n) is 1.77. The molecule has 0 spiro atoms. The number of carbonyl (C=O) groups is 2. The normalized spacial score (nSPS) is 11.2. The largest absolute Gasteiger partial charge is 0.478 e. The van der Waals surface area contributed by atoms with E-state index in [0.29, 0.717) is 12.8 Å². The third-order valence-corrected chi connectivity index (χ3v) is 2.80. The topological polar surface area (TPSA) is 82.1 Å². The average molecular weight is 282 g/mol. The molecule has 1 rings (SSSR count). The molecular formula is C14H18O6. The van der Waals surface area contributed by atoms with Crippen molar-refractivity contribution in [3.05, 3.63) is 35.4 Å². The third-order valence-electron chi connectivity index (χ3n) is 2.80. The second-order valence-corrected chi connectivity index (χ2v) is 4.08. The molecule has 0 atom stereocenters. The molecule has 0 unspecified atom stereocenters. The fraction of sp³-hybridized carbons (Fsp3) is 0.429. The molecule has 0 aliphatic rings. The van der Waals surface area contributed by atoms with E-state index in [2.05, 4.69) is 0 Å². The molecule has 6 nitrogen and oxygen atoms in total. The first-order valence-corrected chi connectivity index (χ1v) is 6.15. The van der Waals surface area contributed by atoms with Gasteiger partial charge in [0.1, 0.15) is 0 Å². The van der Waals surface area contributed by atoms with Crippen LogP contribution in [0.4, 0.5) is 0 Å². The molecular weight excluding hydrogens is 264 g/mol. The van der Waals surface area contributed by atoms with Gasteiger partial charge in [0.2, 0.25) is 0 Å². The van der Waals surface area contributed by atoms with Crippen LogP contribution in [0.5, 0.6) is 0 Å². The van der Waals surface area contributed by atoms with Crippen molar-refractivity contribution in [2.24, 2.45) is 0 Å². The first-order chi connectivity index (χ1) is 9.49. The van der Waals surface area contributed by atoms with E-state index < -0.39 is 17.9 Å². The van der Waals surface area contributed by atoms with Crippen molar-refractivity contribution in [2.45, 2.75) is 25.7 Å². The first-order valence-electron chi connectivity index (χ1n) is 6.15.